The zero-order chi connectivity index (χ0) is 28.7. The molecule has 3 aromatic carbocycles. The van der Waals surface area contributed by atoms with Gasteiger partial charge in [-0.15, -0.1) is 0 Å². The molecule has 1 amide bonds. The standard InChI is InChI=1S/C35H40N2O4/c1-22-15-28(41-21-32(38)37-13-4-5-14-37)16-23(2)34(22)29-8-6-7-25(24(29)3)20-36-27-9-10-30-26(17-27)19-35(11-12-35)31(30)18-33(39)40/h6-10,15-17,31,36H,4-5,11-14,18-21H2,1-3H3,(H,39,40). The number of benzene rings is 3. The number of nitrogens with zero attached hydrogens (tertiary/aromatic N) is 1. The Morgan fingerprint density at radius 2 is 1.76 bits per heavy atom. The highest BCUT2D eigenvalue weighted by atomic mass is 16.5. The minimum atomic E-state index is -0.702. The van der Waals surface area contributed by atoms with Crippen LogP contribution in [0.5, 0.6) is 5.75 Å². The molecule has 0 bridgehead atoms. The number of aliphatic carboxylic acids is 1. The highest BCUT2D eigenvalue weighted by Gasteiger charge is 2.54. The lowest BCUT2D eigenvalue weighted by Gasteiger charge is -2.19. The van der Waals surface area contributed by atoms with Crippen LogP contribution in [0.1, 0.15) is 71.4 Å². The fraction of sp³-hybridized carbons (Fsp3) is 0.429. The van der Waals surface area contributed by atoms with Crippen LogP contribution in [0.2, 0.25) is 0 Å². The number of likely N-dealkylation sites (tertiary alicyclic amines) is 1. The van der Waals surface area contributed by atoms with Gasteiger partial charge in [0.25, 0.3) is 5.91 Å². The number of hydrogen-bond donors (Lipinski definition) is 2. The van der Waals surface area contributed by atoms with Gasteiger partial charge in [-0.2, -0.15) is 0 Å². The van der Waals surface area contributed by atoms with Crippen LogP contribution in [0.15, 0.2) is 48.5 Å². The van der Waals surface area contributed by atoms with Crippen LogP contribution >= 0.6 is 0 Å². The van der Waals surface area contributed by atoms with Gasteiger partial charge in [-0.05, 0) is 127 Å². The second-order valence-corrected chi connectivity index (χ2v) is 12.4. The molecule has 214 valence electrons. The number of anilines is 1. The average Bonchev–Trinajstić information content (AvgIpc) is 3.36. The number of carboxylic acid groups (broad SMARTS) is 1. The van der Waals surface area contributed by atoms with Crippen molar-refractivity contribution in [2.45, 2.75) is 71.8 Å². The van der Waals surface area contributed by atoms with Crippen LogP contribution in [0.25, 0.3) is 11.1 Å². The van der Waals surface area contributed by atoms with Gasteiger partial charge in [0.15, 0.2) is 6.61 Å². The summed E-state index contributed by atoms with van der Waals surface area (Å²) in [5, 5.41) is 13.1. The molecule has 1 saturated carbocycles. The SMILES string of the molecule is Cc1cc(OCC(=O)N2CCCC2)cc(C)c1-c1cccc(CNc2ccc3c(c2)CC2(CC2)C3CC(=O)O)c1C. The Hall–Kier alpha value is -3.80. The molecule has 6 nitrogen and oxygen atoms in total. The van der Waals surface area contributed by atoms with Crippen LogP contribution in [0, 0.1) is 26.2 Å². The number of hydrogen-bond acceptors (Lipinski definition) is 4. The van der Waals surface area contributed by atoms with Crippen molar-refractivity contribution in [3.8, 4) is 16.9 Å². The number of nitrogens with one attached hydrogen (secondary N) is 1. The maximum Gasteiger partial charge on any atom is 0.303 e. The lowest BCUT2D eigenvalue weighted by molar-refractivity contribution is -0.137. The highest BCUT2D eigenvalue weighted by Crippen LogP contribution is 2.64. The lowest BCUT2D eigenvalue weighted by Crippen LogP contribution is -2.32. The molecule has 1 spiro atoms. The van der Waals surface area contributed by atoms with Gasteiger partial charge in [0.1, 0.15) is 5.75 Å². The molecule has 2 fully saturated rings. The normalized spacial score (nSPS) is 18.4. The molecular formula is C35H40N2O4. The number of amides is 1. The van der Waals surface area contributed by atoms with E-state index in [4.69, 9.17) is 4.74 Å². The molecule has 3 aliphatic rings. The zero-order valence-electron chi connectivity index (χ0n) is 24.4. The van der Waals surface area contributed by atoms with Crippen LogP contribution < -0.4 is 10.1 Å². The summed E-state index contributed by atoms with van der Waals surface area (Å²) in [6.07, 6.45) is 5.66. The monoisotopic (exact) mass is 552 g/mol. The Morgan fingerprint density at radius 3 is 2.44 bits per heavy atom. The molecule has 1 unspecified atom stereocenters. The molecule has 1 saturated heterocycles. The quantitative estimate of drug-likeness (QED) is 0.306. The van der Waals surface area contributed by atoms with E-state index in [-0.39, 0.29) is 30.3 Å². The average molecular weight is 553 g/mol. The number of aryl methyl sites for hydroxylation is 2. The first-order valence-electron chi connectivity index (χ1n) is 14.9. The molecule has 0 radical (unpaired) electrons. The molecule has 3 aromatic rings. The molecule has 2 N–H and O–H groups in total. The van der Waals surface area contributed by atoms with Gasteiger partial charge in [0, 0.05) is 31.2 Å². The number of carbonyl (C=O) groups excluding carboxylic acids is 1. The Bertz CT molecular complexity index is 1480. The molecule has 1 aliphatic heterocycles. The molecule has 1 heterocycles. The zero-order valence-corrected chi connectivity index (χ0v) is 24.4. The van der Waals surface area contributed by atoms with Gasteiger partial charge in [0.2, 0.25) is 0 Å². The van der Waals surface area contributed by atoms with Crippen molar-refractivity contribution < 1.29 is 19.4 Å². The van der Waals surface area contributed by atoms with Gasteiger partial charge < -0.3 is 20.1 Å². The number of carbonyl (C=O) groups is 2. The summed E-state index contributed by atoms with van der Waals surface area (Å²) < 4.78 is 5.92. The Balaban J connectivity index is 1.15. The first-order valence-corrected chi connectivity index (χ1v) is 14.9. The van der Waals surface area contributed by atoms with Crippen LogP contribution in [0.3, 0.4) is 0 Å². The maximum absolute atomic E-state index is 12.4. The van der Waals surface area contributed by atoms with E-state index in [0.29, 0.717) is 6.54 Å². The molecule has 41 heavy (non-hydrogen) atoms. The minimum Gasteiger partial charge on any atom is -0.484 e. The summed E-state index contributed by atoms with van der Waals surface area (Å²) >= 11 is 0. The summed E-state index contributed by atoms with van der Waals surface area (Å²) in [7, 11) is 0. The van der Waals surface area contributed by atoms with E-state index in [9.17, 15) is 14.7 Å². The van der Waals surface area contributed by atoms with Crippen molar-refractivity contribution in [2.24, 2.45) is 5.41 Å². The van der Waals surface area contributed by atoms with Crippen molar-refractivity contribution in [1.29, 1.82) is 0 Å². The minimum absolute atomic E-state index is 0.0634. The summed E-state index contributed by atoms with van der Waals surface area (Å²) in [6, 6.07) is 17.0. The molecule has 1 atom stereocenters. The largest absolute Gasteiger partial charge is 0.484 e. The first kappa shape index (κ1) is 27.4. The van der Waals surface area contributed by atoms with Crippen molar-refractivity contribution in [3.05, 3.63) is 81.9 Å². The van der Waals surface area contributed by atoms with Crippen LogP contribution in [-0.2, 0) is 22.6 Å². The summed E-state index contributed by atoms with van der Waals surface area (Å²) in [5.74, 6) is 0.249. The fourth-order valence-corrected chi connectivity index (χ4v) is 7.21. The molecular weight excluding hydrogens is 512 g/mol. The lowest BCUT2D eigenvalue weighted by atomic mass is 9.87. The fourth-order valence-electron chi connectivity index (χ4n) is 7.21. The smallest absolute Gasteiger partial charge is 0.303 e. The van der Waals surface area contributed by atoms with E-state index in [1.807, 2.05) is 17.0 Å². The maximum atomic E-state index is 12.4. The molecule has 0 aromatic heterocycles. The van der Waals surface area contributed by atoms with Crippen molar-refractivity contribution >= 4 is 17.6 Å². The van der Waals surface area contributed by atoms with Crippen LogP contribution in [-0.4, -0.2) is 41.6 Å². The van der Waals surface area contributed by atoms with Crippen molar-refractivity contribution in [3.63, 3.8) is 0 Å². The number of rotatable bonds is 9. The second-order valence-electron chi connectivity index (χ2n) is 12.4. The van der Waals surface area contributed by atoms with E-state index in [1.54, 1.807) is 0 Å². The number of carboxylic acids is 1. The third-order valence-corrected chi connectivity index (χ3v) is 9.60. The number of ether oxygens (including phenoxy) is 1. The van der Waals surface area contributed by atoms with Gasteiger partial charge in [-0.1, -0.05) is 24.3 Å². The second kappa shape index (κ2) is 10.9. The number of fused-ring (bicyclic) bond motifs is 1. The van der Waals surface area contributed by atoms with Gasteiger partial charge in [-0.3, -0.25) is 9.59 Å². The predicted octanol–water partition coefficient (Wildman–Crippen LogP) is 6.79. The van der Waals surface area contributed by atoms with E-state index in [2.05, 4.69) is 62.5 Å². The van der Waals surface area contributed by atoms with Crippen molar-refractivity contribution in [2.75, 3.05) is 25.0 Å². The van der Waals surface area contributed by atoms with E-state index in [1.165, 1.54) is 33.4 Å². The van der Waals surface area contributed by atoms with E-state index < -0.39 is 5.97 Å². The molecule has 6 rings (SSSR count). The van der Waals surface area contributed by atoms with E-state index >= 15 is 0 Å². The Morgan fingerprint density at radius 1 is 1.02 bits per heavy atom. The summed E-state index contributed by atoms with van der Waals surface area (Å²) in [5.41, 5.74) is 11.0. The third kappa shape index (κ3) is 5.44. The Labute approximate surface area is 242 Å². The first-order chi connectivity index (χ1) is 19.7. The summed E-state index contributed by atoms with van der Waals surface area (Å²) in [6.45, 7) is 8.87. The van der Waals surface area contributed by atoms with Crippen molar-refractivity contribution in [1.82, 2.24) is 4.90 Å². The Kier molecular flexibility index (Phi) is 7.27. The molecule has 6 heteroatoms. The molecule has 2 aliphatic carbocycles. The predicted molar refractivity (Wildman–Crippen MR) is 162 cm³/mol. The third-order valence-electron chi connectivity index (χ3n) is 9.60. The van der Waals surface area contributed by atoms with Gasteiger partial charge in [0.05, 0.1) is 6.42 Å². The summed E-state index contributed by atoms with van der Waals surface area (Å²) in [4.78, 5) is 25.8. The highest BCUT2D eigenvalue weighted by molar-refractivity contribution is 5.78. The van der Waals surface area contributed by atoms with Gasteiger partial charge in [-0.25, -0.2) is 0 Å². The van der Waals surface area contributed by atoms with Gasteiger partial charge >= 0.3 is 5.97 Å². The topological polar surface area (TPSA) is 78.9 Å². The van der Waals surface area contributed by atoms with E-state index in [0.717, 1.165) is 67.8 Å². The van der Waals surface area contributed by atoms with Crippen LogP contribution in [0.4, 0.5) is 5.69 Å².